The Morgan fingerprint density at radius 2 is 1.86 bits per heavy atom. The molecule has 0 aliphatic carbocycles. The molecular formula is C25H37N5O5. The van der Waals surface area contributed by atoms with E-state index in [1.807, 2.05) is 37.3 Å². The number of nitrogens with zero attached hydrogens (tertiary/aromatic N) is 2. The van der Waals surface area contributed by atoms with Crippen LogP contribution in [0.15, 0.2) is 30.3 Å². The van der Waals surface area contributed by atoms with Gasteiger partial charge in [0.1, 0.15) is 17.6 Å². The minimum absolute atomic E-state index is 0.228. The largest absolute Gasteiger partial charge is 0.391 e. The molecule has 1 aromatic rings. The van der Waals surface area contributed by atoms with E-state index in [0.29, 0.717) is 45.2 Å². The van der Waals surface area contributed by atoms with Gasteiger partial charge in [-0.05, 0) is 44.6 Å². The molecule has 10 heteroatoms. The van der Waals surface area contributed by atoms with Gasteiger partial charge in [0.15, 0.2) is 0 Å². The molecule has 0 bridgehead atoms. The predicted octanol–water partition coefficient (Wildman–Crippen LogP) is -0.330. The SMILES string of the molecule is CC[C@H](N)C(=O)N1CCC[C@H]1C(=O)N1CCC[C@]1(Cc1ccccc1)C(=O)N[C@H](C(N)=O)[C@@H](C)O. The molecule has 192 valence electrons. The van der Waals surface area contributed by atoms with Gasteiger partial charge in [-0.2, -0.15) is 0 Å². The van der Waals surface area contributed by atoms with Crippen molar-refractivity contribution in [1.82, 2.24) is 15.1 Å². The minimum Gasteiger partial charge on any atom is -0.391 e. The topological polar surface area (TPSA) is 159 Å². The standard InChI is InChI=1S/C25H37N5O5/c1-3-18(26)22(33)29-13-7-11-19(29)23(34)30-14-8-12-25(30,15-17-9-5-4-6-10-17)24(35)28-20(16(2)31)21(27)32/h4-6,9-10,16,18-20,31H,3,7-8,11-15,26H2,1-2H3,(H2,27,32)(H,28,35)/t16-,18+,19+,20+,25+/m1/s1. The first kappa shape index (κ1) is 26.6. The zero-order chi connectivity index (χ0) is 25.8. The molecule has 35 heavy (non-hydrogen) atoms. The van der Waals surface area contributed by atoms with E-state index in [2.05, 4.69) is 5.32 Å². The second kappa shape index (κ2) is 11.2. The van der Waals surface area contributed by atoms with Crippen molar-refractivity contribution in [1.29, 1.82) is 0 Å². The third kappa shape index (κ3) is 5.48. The summed E-state index contributed by atoms with van der Waals surface area (Å²) in [4.78, 5) is 55.5. The van der Waals surface area contributed by atoms with E-state index in [0.717, 1.165) is 5.56 Å². The number of rotatable bonds is 9. The molecule has 2 heterocycles. The number of hydrogen-bond donors (Lipinski definition) is 4. The summed E-state index contributed by atoms with van der Waals surface area (Å²) in [6.07, 6.45) is 1.62. The van der Waals surface area contributed by atoms with Crippen LogP contribution in [0.1, 0.15) is 51.5 Å². The van der Waals surface area contributed by atoms with Gasteiger partial charge in [0.05, 0.1) is 12.1 Å². The number of nitrogens with two attached hydrogens (primary N) is 2. The van der Waals surface area contributed by atoms with E-state index in [-0.39, 0.29) is 18.2 Å². The van der Waals surface area contributed by atoms with Crippen molar-refractivity contribution in [2.45, 2.75) is 82.1 Å². The van der Waals surface area contributed by atoms with Crippen LogP contribution >= 0.6 is 0 Å². The average Bonchev–Trinajstić information content (AvgIpc) is 3.49. The number of primary amides is 1. The van der Waals surface area contributed by atoms with Crippen LogP contribution in [-0.4, -0.2) is 81.4 Å². The summed E-state index contributed by atoms with van der Waals surface area (Å²) >= 11 is 0. The molecule has 0 radical (unpaired) electrons. The highest BCUT2D eigenvalue weighted by atomic mass is 16.3. The number of amides is 4. The Morgan fingerprint density at radius 1 is 1.17 bits per heavy atom. The van der Waals surface area contributed by atoms with E-state index in [4.69, 9.17) is 11.5 Å². The lowest BCUT2D eigenvalue weighted by Gasteiger charge is -2.41. The molecule has 6 N–H and O–H groups in total. The first-order valence-electron chi connectivity index (χ1n) is 12.3. The predicted molar refractivity (Wildman–Crippen MR) is 130 cm³/mol. The summed E-state index contributed by atoms with van der Waals surface area (Å²) in [6.45, 7) is 3.98. The third-order valence-electron chi connectivity index (χ3n) is 7.17. The minimum atomic E-state index is -1.29. The molecule has 5 atom stereocenters. The molecular weight excluding hydrogens is 450 g/mol. The Hall–Kier alpha value is -2.98. The number of nitrogens with one attached hydrogen (secondary N) is 1. The van der Waals surface area contributed by atoms with Crippen molar-refractivity contribution < 1.29 is 24.3 Å². The number of aliphatic hydroxyl groups is 1. The lowest BCUT2D eigenvalue weighted by molar-refractivity contribution is -0.152. The maximum atomic E-state index is 13.9. The molecule has 0 saturated carbocycles. The van der Waals surface area contributed by atoms with Crippen LogP contribution in [0.4, 0.5) is 0 Å². The van der Waals surface area contributed by atoms with Gasteiger partial charge in [0.25, 0.3) is 0 Å². The number of carbonyl (C=O) groups is 4. The van der Waals surface area contributed by atoms with Gasteiger partial charge in [0.2, 0.25) is 23.6 Å². The van der Waals surface area contributed by atoms with E-state index >= 15 is 0 Å². The van der Waals surface area contributed by atoms with Gasteiger partial charge in [0, 0.05) is 19.5 Å². The third-order valence-corrected chi connectivity index (χ3v) is 7.17. The number of likely N-dealkylation sites (tertiary alicyclic amines) is 2. The van der Waals surface area contributed by atoms with E-state index < -0.39 is 41.6 Å². The maximum absolute atomic E-state index is 13.9. The zero-order valence-electron chi connectivity index (χ0n) is 20.5. The maximum Gasteiger partial charge on any atom is 0.247 e. The second-order valence-corrected chi connectivity index (χ2v) is 9.59. The monoisotopic (exact) mass is 487 g/mol. The fraction of sp³-hybridized carbons (Fsp3) is 0.600. The molecule has 2 saturated heterocycles. The lowest BCUT2D eigenvalue weighted by atomic mass is 9.86. The average molecular weight is 488 g/mol. The first-order valence-corrected chi connectivity index (χ1v) is 12.3. The Labute approximate surface area is 206 Å². The van der Waals surface area contributed by atoms with Crippen molar-refractivity contribution in [2.75, 3.05) is 13.1 Å². The van der Waals surface area contributed by atoms with Crippen LogP contribution in [0.2, 0.25) is 0 Å². The highest BCUT2D eigenvalue weighted by Gasteiger charge is 2.53. The van der Waals surface area contributed by atoms with Gasteiger partial charge in [-0.1, -0.05) is 37.3 Å². The smallest absolute Gasteiger partial charge is 0.247 e. The van der Waals surface area contributed by atoms with Crippen LogP contribution in [0.3, 0.4) is 0 Å². The van der Waals surface area contributed by atoms with Crippen molar-refractivity contribution in [2.24, 2.45) is 11.5 Å². The quantitative estimate of drug-likeness (QED) is 0.373. The number of aliphatic hydroxyl groups excluding tert-OH is 1. The summed E-state index contributed by atoms with van der Waals surface area (Å²) in [6, 6.07) is 6.67. The summed E-state index contributed by atoms with van der Waals surface area (Å²) in [5.41, 5.74) is 11.0. The normalized spacial score (nSPS) is 24.6. The molecule has 3 rings (SSSR count). The number of carbonyl (C=O) groups excluding carboxylic acids is 4. The molecule has 10 nitrogen and oxygen atoms in total. The fourth-order valence-electron chi connectivity index (χ4n) is 5.19. The highest BCUT2D eigenvalue weighted by Crippen LogP contribution is 2.36. The van der Waals surface area contributed by atoms with Crippen LogP contribution in [0.5, 0.6) is 0 Å². The van der Waals surface area contributed by atoms with Crippen LogP contribution in [-0.2, 0) is 25.6 Å². The van der Waals surface area contributed by atoms with Crippen LogP contribution < -0.4 is 16.8 Å². The van der Waals surface area contributed by atoms with E-state index in [9.17, 15) is 24.3 Å². The van der Waals surface area contributed by atoms with Gasteiger partial charge in [-0.25, -0.2) is 0 Å². The second-order valence-electron chi connectivity index (χ2n) is 9.59. The molecule has 2 fully saturated rings. The summed E-state index contributed by atoms with van der Waals surface area (Å²) in [7, 11) is 0. The number of benzene rings is 1. The summed E-state index contributed by atoms with van der Waals surface area (Å²) < 4.78 is 0. The Balaban J connectivity index is 1.96. The van der Waals surface area contributed by atoms with Crippen molar-refractivity contribution in [3.63, 3.8) is 0 Å². The fourth-order valence-corrected chi connectivity index (χ4v) is 5.19. The van der Waals surface area contributed by atoms with Crippen molar-refractivity contribution >= 4 is 23.6 Å². The molecule has 2 aliphatic rings. The number of hydrogen-bond acceptors (Lipinski definition) is 6. The zero-order valence-corrected chi connectivity index (χ0v) is 20.5. The van der Waals surface area contributed by atoms with Gasteiger partial charge in [-0.15, -0.1) is 0 Å². The van der Waals surface area contributed by atoms with Gasteiger partial charge >= 0.3 is 0 Å². The van der Waals surface area contributed by atoms with E-state index in [1.54, 1.807) is 9.80 Å². The van der Waals surface area contributed by atoms with Crippen LogP contribution in [0.25, 0.3) is 0 Å². The van der Waals surface area contributed by atoms with Gasteiger partial charge < -0.3 is 31.7 Å². The highest BCUT2D eigenvalue weighted by molar-refractivity contribution is 5.98. The Morgan fingerprint density at radius 3 is 2.46 bits per heavy atom. The van der Waals surface area contributed by atoms with Crippen molar-refractivity contribution in [3.8, 4) is 0 Å². The van der Waals surface area contributed by atoms with Crippen molar-refractivity contribution in [3.05, 3.63) is 35.9 Å². The Bertz CT molecular complexity index is 939. The lowest BCUT2D eigenvalue weighted by Crippen LogP contribution is -2.65. The first-order chi connectivity index (χ1) is 16.6. The van der Waals surface area contributed by atoms with E-state index in [1.165, 1.54) is 6.92 Å². The van der Waals surface area contributed by atoms with Gasteiger partial charge in [-0.3, -0.25) is 19.2 Å². The molecule has 0 unspecified atom stereocenters. The molecule has 0 aromatic heterocycles. The summed E-state index contributed by atoms with van der Waals surface area (Å²) in [5.74, 6) is -1.96. The molecule has 1 aromatic carbocycles. The Kier molecular flexibility index (Phi) is 8.50. The van der Waals surface area contributed by atoms with Crippen LogP contribution in [0, 0.1) is 0 Å². The summed E-state index contributed by atoms with van der Waals surface area (Å²) in [5, 5.41) is 12.6. The molecule has 0 spiro atoms. The molecule has 4 amide bonds. The molecule has 2 aliphatic heterocycles.